The van der Waals surface area contributed by atoms with Gasteiger partial charge >= 0.3 is 12.0 Å². The van der Waals surface area contributed by atoms with Crippen molar-refractivity contribution < 1.29 is 39.1 Å². The van der Waals surface area contributed by atoms with Crippen LogP contribution in [0.15, 0.2) is 51.2 Å². The number of carbonyl (C=O) groups excluding carboxylic acids is 2. The topological polar surface area (TPSA) is 171 Å². The predicted molar refractivity (Wildman–Crippen MR) is 136 cm³/mol. The fraction of sp³-hybridized carbons (Fsp3) is 0.292. The molecule has 0 bridgehead atoms. The van der Waals surface area contributed by atoms with E-state index in [0.29, 0.717) is 39.4 Å². The quantitative estimate of drug-likeness (QED) is 0.107. The van der Waals surface area contributed by atoms with Crippen LogP contribution in [0.2, 0.25) is 0 Å². The van der Waals surface area contributed by atoms with Gasteiger partial charge in [0.25, 0.3) is 0 Å². The van der Waals surface area contributed by atoms with E-state index in [1.54, 1.807) is 32.0 Å². The standard InChI is InChI=1S/C24H27BrN4O8/c1-4-36-19-8-13(22-21(23(33)35-3)12(2)27-24(34)28-22)5-6-18(19)37-11-20(32)29-26-10-14-7-15(25)17(31)9-16(14)30/h5-10,20,22,29-32H,4,11H2,1-3H3,(H2,27,28,34)/b26-10-/t20-,22+/m1/s1. The molecule has 6 N–H and O–H groups in total. The lowest BCUT2D eigenvalue weighted by molar-refractivity contribution is -0.136. The average molecular weight is 579 g/mol. The molecule has 0 spiro atoms. The van der Waals surface area contributed by atoms with Crippen LogP contribution in [0.5, 0.6) is 23.0 Å². The second-order valence-corrected chi connectivity index (χ2v) is 8.63. The summed E-state index contributed by atoms with van der Waals surface area (Å²) in [6, 6.07) is 6.28. The molecule has 198 valence electrons. The van der Waals surface area contributed by atoms with Crippen molar-refractivity contribution in [2.45, 2.75) is 26.1 Å². The minimum Gasteiger partial charge on any atom is -0.507 e. The summed E-state index contributed by atoms with van der Waals surface area (Å²) in [6.45, 7) is 3.50. The smallest absolute Gasteiger partial charge is 0.337 e. The summed E-state index contributed by atoms with van der Waals surface area (Å²) in [5, 5.41) is 38.8. The van der Waals surface area contributed by atoms with Crippen molar-refractivity contribution >= 4 is 34.1 Å². The number of benzene rings is 2. The highest BCUT2D eigenvalue weighted by molar-refractivity contribution is 9.10. The molecule has 0 fully saturated rings. The second-order valence-electron chi connectivity index (χ2n) is 7.78. The predicted octanol–water partition coefficient (Wildman–Crippen LogP) is 2.38. The number of aromatic hydroxyl groups is 2. The summed E-state index contributed by atoms with van der Waals surface area (Å²) in [5.74, 6) is -0.248. The normalized spacial score (nSPS) is 16.1. The summed E-state index contributed by atoms with van der Waals surface area (Å²) in [6.07, 6.45) is 0.0542. The lowest BCUT2D eigenvalue weighted by Gasteiger charge is -2.28. The lowest BCUT2D eigenvalue weighted by atomic mass is 9.95. The van der Waals surface area contributed by atoms with E-state index in [9.17, 15) is 24.9 Å². The fourth-order valence-electron chi connectivity index (χ4n) is 3.48. The Kier molecular flexibility index (Phi) is 9.20. The molecule has 13 heteroatoms. The van der Waals surface area contributed by atoms with E-state index < -0.39 is 24.3 Å². The number of nitrogens with one attached hydrogen (secondary N) is 3. The average Bonchev–Trinajstić information content (AvgIpc) is 2.85. The molecule has 0 aromatic heterocycles. The molecule has 0 unspecified atom stereocenters. The van der Waals surface area contributed by atoms with Crippen molar-refractivity contribution in [3.8, 4) is 23.0 Å². The van der Waals surface area contributed by atoms with Gasteiger partial charge in [0.1, 0.15) is 18.1 Å². The van der Waals surface area contributed by atoms with Gasteiger partial charge < -0.3 is 40.2 Å². The van der Waals surface area contributed by atoms with E-state index in [2.05, 4.69) is 37.1 Å². The van der Waals surface area contributed by atoms with Gasteiger partial charge in [0.05, 0.1) is 36.0 Å². The van der Waals surface area contributed by atoms with E-state index in [-0.39, 0.29) is 23.7 Å². The van der Waals surface area contributed by atoms with Gasteiger partial charge in [-0.1, -0.05) is 6.07 Å². The number of aliphatic hydroxyl groups excluding tert-OH is 1. The van der Waals surface area contributed by atoms with Crippen LogP contribution in [0.4, 0.5) is 4.79 Å². The number of carbonyl (C=O) groups is 2. The van der Waals surface area contributed by atoms with E-state index in [4.69, 9.17) is 14.2 Å². The van der Waals surface area contributed by atoms with Gasteiger partial charge in [0, 0.05) is 17.3 Å². The third kappa shape index (κ3) is 6.83. The lowest BCUT2D eigenvalue weighted by Crippen LogP contribution is -2.45. The molecule has 0 aliphatic carbocycles. The molecule has 2 amide bonds. The first-order valence-corrected chi connectivity index (χ1v) is 11.9. The number of halogens is 1. The Morgan fingerprint density at radius 2 is 1.97 bits per heavy atom. The molecule has 0 radical (unpaired) electrons. The molecule has 2 aromatic carbocycles. The van der Waals surface area contributed by atoms with E-state index in [0.717, 1.165) is 6.07 Å². The molecule has 2 aromatic rings. The Labute approximate surface area is 221 Å². The van der Waals surface area contributed by atoms with Crippen LogP contribution in [0.3, 0.4) is 0 Å². The molecule has 0 saturated heterocycles. The number of methoxy groups -OCH3 is 1. The van der Waals surface area contributed by atoms with Crippen molar-refractivity contribution in [1.29, 1.82) is 0 Å². The van der Waals surface area contributed by atoms with Crippen molar-refractivity contribution in [3.05, 3.63) is 57.2 Å². The Hall–Kier alpha value is -3.97. The minimum absolute atomic E-state index is 0.123. The van der Waals surface area contributed by atoms with E-state index in [1.807, 2.05) is 0 Å². The third-order valence-corrected chi connectivity index (χ3v) is 5.83. The van der Waals surface area contributed by atoms with Gasteiger partial charge in [-0.3, -0.25) is 5.43 Å². The maximum atomic E-state index is 12.3. The van der Waals surface area contributed by atoms with Crippen LogP contribution in [-0.2, 0) is 9.53 Å². The van der Waals surface area contributed by atoms with E-state index in [1.165, 1.54) is 19.4 Å². The number of rotatable bonds is 10. The maximum Gasteiger partial charge on any atom is 0.337 e. The number of allylic oxidation sites excluding steroid dienone is 1. The number of esters is 1. The van der Waals surface area contributed by atoms with E-state index >= 15 is 0 Å². The molecule has 12 nitrogen and oxygen atoms in total. The maximum absolute atomic E-state index is 12.3. The molecular formula is C24H27BrN4O8. The Morgan fingerprint density at radius 1 is 1.22 bits per heavy atom. The van der Waals surface area contributed by atoms with Crippen LogP contribution in [0.25, 0.3) is 0 Å². The molecule has 3 rings (SSSR count). The number of nitrogens with zero attached hydrogens (tertiary/aromatic N) is 1. The molecule has 0 saturated carbocycles. The van der Waals surface area contributed by atoms with Crippen LogP contribution >= 0.6 is 15.9 Å². The molecule has 1 aliphatic heterocycles. The summed E-state index contributed by atoms with van der Waals surface area (Å²) < 4.78 is 16.6. The van der Waals surface area contributed by atoms with Crippen molar-refractivity contribution in [3.63, 3.8) is 0 Å². The summed E-state index contributed by atoms with van der Waals surface area (Å²) in [4.78, 5) is 24.4. The number of aliphatic hydroxyl groups is 1. The number of amides is 2. The number of hydrogen-bond donors (Lipinski definition) is 6. The molecule has 1 aliphatic rings. The fourth-order valence-corrected chi connectivity index (χ4v) is 3.85. The SMILES string of the molecule is CCOc1cc([C@@H]2NC(=O)NC(C)=C2C(=O)OC)ccc1OC[C@@H](O)N/N=C\c1cc(Br)c(O)cc1O. The molecule has 1 heterocycles. The number of phenols is 2. The van der Waals surface area contributed by atoms with Crippen LogP contribution in [0.1, 0.15) is 31.0 Å². The van der Waals surface area contributed by atoms with Gasteiger partial charge in [-0.15, -0.1) is 0 Å². The Balaban J connectivity index is 1.71. The zero-order valence-corrected chi connectivity index (χ0v) is 21.8. The van der Waals surface area contributed by atoms with Gasteiger partial charge in [-0.25, -0.2) is 9.59 Å². The minimum atomic E-state index is -1.21. The monoisotopic (exact) mass is 578 g/mol. The van der Waals surface area contributed by atoms with Gasteiger partial charge in [-0.2, -0.15) is 5.10 Å². The first-order valence-electron chi connectivity index (χ1n) is 11.1. The Morgan fingerprint density at radius 3 is 2.68 bits per heavy atom. The van der Waals surface area contributed by atoms with Crippen molar-refractivity contribution in [2.75, 3.05) is 20.3 Å². The molecule has 37 heavy (non-hydrogen) atoms. The van der Waals surface area contributed by atoms with Crippen molar-refractivity contribution in [1.82, 2.24) is 16.1 Å². The van der Waals surface area contributed by atoms with Crippen LogP contribution in [-0.4, -0.2) is 60.1 Å². The van der Waals surface area contributed by atoms with Gasteiger partial charge in [0.2, 0.25) is 0 Å². The largest absolute Gasteiger partial charge is 0.507 e. The van der Waals surface area contributed by atoms with Gasteiger partial charge in [-0.05, 0) is 53.5 Å². The van der Waals surface area contributed by atoms with Crippen LogP contribution < -0.4 is 25.5 Å². The summed E-state index contributed by atoms with van der Waals surface area (Å²) in [5.41, 5.74) is 3.97. The highest BCUT2D eigenvalue weighted by atomic mass is 79.9. The highest BCUT2D eigenvalue weighted by Gasteiger charge is 2.32. The molecular weight excluding hydrogens is 552 g/mol. The second kappa shape index (κ2) is 12.3. The number of hydrazone groups is 1. The highest BCUT2D eigenvalue weighted by Crippen LogP contribution is 2.35. The first-order chi connectivity index (χ1) is 17.6. The number of hydrogen-bond acceptors (Lipinski definition) is 10. The third-order valence-electron chi connectivity index (χ3n) is 5.20. The molecule has 2 atom stereocenters. The number of phenolic OH excluding ortho intramolecular Hbond substituents is 2. The van der Waals surface area contributed by atoms with Crippen LogP contribution in [0, 0.1) is 0 Å². The number of ether oxygens (including phenoxy) is 3. The van der Waals surface area contributed by atoms with Crippen molar-refractivity contribution in [2.24, 2.45) is 5.10 Å². The first kappa shape index (κ1) is 27.6. The van der Waals surface area contributed by atoms with Gasteiger partial charge in [0.15, 0.2) is 17.7 Å². The summed E-state index contributed by atoms with van der Waals surface area (Å²) >= 11 is 3.15. The summed E-state index contributed by atoms with van der Waals surface area (Å²) in [7, 11) is 1.26. The Bertz CT molecular complexity index is 1230. The zero-order chi connectivity index (χ0) is 27.1. The number of urea groups is 1. The zero-order valence-electron chi connectivity index (χ0n) is 20.2.